The minimum absolute atomic E-state index is 0.136. The number of fused-ring (bicyclic) bond motifs is 1. The van der Waals surface area contributed by atoms with Crippen LogP contribution in [0.3, 0.4) is 0 Å². The van der Waals surface area contributed by atoms with E-state index in [1.54, 1.807) is 18.4 Å². The summed E-state index contributed by atoms with van der Waals surface area (Å²) in [5, 5.41) is 8.66. The van der Waals surface area contributed by atoms with Crippen molar-refractivity contribution >= 4 is 23.2 Å². The first kappa shape index (κ1) is 20.1. The van der Waals surface area contributed by atoms with Crippen molar-refractivity contribution in [2.45, 2.75) is 51.6 Å². The molecule has 0 radical (unpaired) electrons. The molecular formula is C20H33N5OS. The van der Waals surface area contributed by atoms with Gasteiger partial charge in [-0.15, -0.1) is 11.3 Å². The van der Waals surface area contributed by atoms with Gasteiger partial charge in [0.15, 0.2) is 5.96 Å². The number of aliphatic imine (C=N–C) groups is 1. The van der Waals surface area contributed by atoms with E-state index in [2.05, 4.69) is 38.9 Å². The van der Waals surface area contributed by atoms with Crippen LogP contribution in [0.4, 0.5) is 0 Å². The van der Waals surface area contributed by atoms with Crippen molar-refractivity contribution in [3.05, 3.63) is 21.9 Å². The van der Waals surface area contributed by atoms with Crippen molar-refractivity contribution in [1.29, 1.82) is 0 Å². The number of guanidine groups is 1. The number of rotatable bonds is 6. The molecule has 1 aromatic heterocycles. The average molecular weight is 392 g/mol. The van der Waals surface area contributed by atoms with E-state index in [4.69, 9.17) is 0 Å². The van der Waals surface area contributed by atoms with Gasteiger partial charge in [0.05, 0.1) is 6.54 Å². The second kappa shape index (κ2) is 10.1. The van der Waals surface area contributed by atoms with Crippen LogP contribution in [0.25, 0.3) is 0 Å². The molecule has 3 rings (SSSR count). The van der Waals surface area contributed by atoms with E-state index in [1.807, 2.05) is 4.90 Å². The second-order valence-corrected chi connectivity index (χ2v) is 8.38. The maximum absolute atomic E-state index is 12.5. The average Bonchev–Trinajstić information content (AvgIpc) is 3.18. The number of likely N-dealkylation sites (tertiary alicyclic amines) is 1. The fraction of sp³-hybridized carbons (Fsp3) is 0.700. The van der Waals surface area contributed by atoms with Gasteiger partial charge in [-0.05, 0) is 49.2 Å². The van der Waals surface area contributed by atoms with Crippen molar-refractivity contribution in [3.63, 3.8) is 0 Å². The van der Waals surface area contributed by atoms with Gasteiger partial charge in [0.1, 0.15) is 0 Å². The molecule has 0 saturated carbocycles. The summed E-state index contributed by atoms with van der Waals surface area (Å²) in [6, 6.07) is 2.86. The summed E-state index contributed by atoms with van der Waals surface area (Å²) >= 11 is 1.80. The van der Waals surface area contributed by atoms with Crippen molar-refractivity contribution in [3.8, 4) is 0 Å². The Balaban J connectivity index is 1.38. The molecule has 2 N–H and O–H groups in total. The molecule has 0 spiro atoms. The molecule has 6 nitrogen and oxygen atoms in total. The highest BCUT2D eigenvalue weighted by molar-refractivity contribution is 7.10. The summed E-state index contributed by atoms with van der Waals surface area (Å²) in [5.74, 6) is 0.846. The molecule has 2 aliphatic rings. The number of thiophene rings is 1. The van der Waals surface area contributed by atoms with Crippen molar-refractivity contribution < 1.29 is 4.79 Å². The Bertz CT molecular complexity index is 644. The Hall–Kier alpha value is -1.60. The highest BCUT2D eigenvalue weighted by atomic mass is 32.1. The lowest BCUT2D eigenvalue weighted by atomic mass is 10.0. The number of hydrogen-bond acceptors (Lipinski definition) is 4. The first-order valence-corrected chi connectivity index (χ1v) is 11.1. The van der Waals surface area contributed by atoms with Crippen LogP contribution >= 0.6 is 11.3 Å². The van der Waals surface area contributed by atoms with Crippen LogP contribution in [0.15, 0.2) is 16.4 Å². The fourth-order valence-electron chi connectivity index (χ4n) is 4.09. The Kier molecular flexibility index (Phi) is 7.52. The second-order valence-electron chi connectivity index (χ2n) is 7.38. The summed E-state index contributed by atoms with van der Waals surface area (Å²) in [6.45, 7) is 7.20. The molecule has 0 bridgehead atoms. The molecule has 1 fully saturated rings. The van der Waals surface area contributed by atoms with Gasteiger partial charge in [-0.2, -0.15) is 0 Å². The lowest BCUT2D eigenvalue weighted by molar-refractivity contribution is -0.130. The highest BCUT2D eigenvalue weighted by Crippen LogP contribution is 2.23. The van der Waals surface area contributed by atoms with Gasteiger partial charge in [0.25, 0.3) is 0 Å². The van der Waals surface area contributed by atoms with Crippen molar-refractivity contribution in [2.24, 2.45) is 4.99 Å². The Morgan fingerprint density at radius 1 is 1.33 bits per heavy atom. The van der Waals surface area contributed by atoms with Gasteiger partial charge < -0.3 is 15.5 Å². The number of piperidine rings is 1. The molecule has 3 heterocycles. The van der Waals surface area contributed by atoms with Crippen LogP contribution in [0.2, 0.25) is 0 Å². The maximum Gasteiger partial charge on any atom is 0.242 e. The number of carbonyl (C=O) groups excluding carboxylic acids is 1. The molecule has 7 heteroatoms. The minimum Gasteiger partial charge on any atom is -0.355 e. The molecule has 1 amide bonds. The molecular weight excluding hydrogens is 358 g/mol. The number of hydrogen-bond donors (Lipinski definition) is 2. The largest absolute Gasteiger partial charge is 0.355 e. The topological polar surface area (TPSA) is 60.0 Å². The van der Waals surface area contributed by atoms with Crippen LogP contribution in [0.5, 0.6) is 0 Å². The normalized spacial score (nSPS) is 21.0. The predicted molar refractivity (Wildman–Crippen MR) is 112 cm³/mol. The molecule has 2 aliphatic heterocycles. The van der Waals surface area contributed by atoms with E-state index in [-0.39, 0.29) is 5.91 Å². The van der Waals surface area contributed by atoms with Crippen molar-refractivity contribution in [2.75, 3.05) is 39.8 Å². The zero-order valence-electron chi connectivity index (χ0n) is 16.7. The standard InChI is InChI=1S/C20H33N5OS/c1-3-17-6-4-5-10-24(17)12-9-22-20(21-2)23-14-19(26)25-11-7-18-16(15-25)8-13-27-18/h8,13,17H,3-7,9-12,14-15H2,1-2H3,(H2,21,22,23). The Morgan fingerprint density at radius 2 is 2.22 bits per heavy atom. The molecule has 0 aromatic carbocycles. The van der Waals surface area contributed by atoms with Gasteiger partial charge in [0, 0.05) is 44.1 Å². The van der Waals surface area contributed by atoms with Gasteiger partial charge in [-0.3, -0.25) is 14.7 Å². The van der Waals surface area contributed by atoms with Crippen LogP contribution in [-0.4, -0.2) is 67.5 Å². The maximum atomic E-state index is 12.5. The van der Waals surface area contributed by atoms with E-state index >= 15 is 0 Å². The van der Waals surface area contributed by atoms with Gasteiger partial charge in [0.2, 0.25) is 5.91 Å². The zero-order chi connectivity index (χ0) is 19.1. The van der Waals surface area contributed by atoms with Crippen LogP contribution in [0.1, 0.15) is 43.0 Å². The molecule has 1 unspecified atom stereocenters. The quantitative estimate of drug-likeness (QED) is 0.576. The summed E-state index contributed by atoms with van der Waals surface area (Å²) in [6.07, 6.45) is 6.18. The molecule has 150 valence electrons. The van der Waals surface area contributed by atoms with E-state index in [0.29, 0.717) is 12.5 Å². The number of amides is 1. The van der Waals surface area contributed by atoms with Crippen LogP contribution < -0.4 is 10.6 Å². The number of carbonyl (C=O) groups is 1. The third kappa shape index (κ3) is 5.45. The Labute approximate surface area is 167 Å². The third-order valence-corrected chi connectivity index (χ3v) is 6.73. The Morgan fingerprint density at radius 3 is 3.04 bits per heavy atom. The lowest BCUT2D eigenvalue weighted by Crippen LogP contribution is -2.48. The van der Waals surface area contributed by atoms with Gasteiger partial charge >= 0.3 is 0 Å². The highest BCUT2D eigenvalue weighted by Gasteiger charge is 2.22. The molecule has 0 aliphatic carbocycles. The summed E-state index contributed by atoms with van der Waals surface area (Å²) in [5.41, 5.74) is 1.30. The summed E-state index contributed by atoms with van der Waals surface area (Å²) in [4.78, 5) is 22.7. The molecule has 27 heavy (non-hydrogen) atoms. The predicted octanol–water partition coefficient (Wildman–Crippen LogP) is 2.06. The molecule has 1 aromatic rings. The van der Waals surface area contributed by atoms with E-state index < -0.39 is 0 Å². The zero-order valence-corrected chi connectivity index (χ0v) is 17.5. The van der Waals surface area contributed by atoms with Crippen LogP contribution in [0, 0.1) is 0 Å². The van der Waals surface area contributed by atoms with Crippen molar-refractivity contribution in [1.82, 2.24) is 20.4 Å². The van der Waals surface area contributed by atoms with E-state index in [1.165, 1.54) is 42.7 Å². The summed E-state index contributed by atoms with van der Waals surface area (Å²) in [7, 11) is 1.76. The van der Waals surface area contributed by atoms with Crippen LogP contribution in [-0.2, 0) is 17.8 Å². The monoisotopic (exact) mass is 391 g/mol. The third-order valence-electron chi connectivity index (χ3n) is 5.70. The molecule has 1 saturated heterocycles. The minimum atomic E-state index is 0.136. The van der Waals surface area contributed by atoms with Gasteiger partial charge in [-0.25, -0.2) is 0 Å². The fourth-order valence-corrected chi connectivity index (χ4v) is 4.98. The van der Waals surface area contributed by atoms with Gasteiger partial charge in [-0.1, -0.05) is 13.3 Å². The molecule has 1 atom stereocenters. The van der Waals surface area contributed by atoms with E-state index in [0.717, 1.165) is 38.6 Å². The SMILES string of the molecule is CCC1CCCCN1CCNC(=NC)NCC(=O)N1CCc2sccc2C1. The first-order chi connectivity index (χ1) is 13.2. The van der Waals surface area contributed by atoms with E-state index in [9.17, 15) is 4.79 Å². The lowest BCUT2D eigenvalue weighted by Gasteiger charge is -2.35. The summed E-state index contributed by atoms with van der Waals surface area (Å²) < 4.78 is 0. The first-order valence-electron chi connectivity index (χ1n) is 10.2. The smallest absolute Gasteiger partial charge is 0.242 e. The number of nitrogens with zero attached hydrogens (tertiary/aromatic N) is 3. The number of nitrogens with one attached hydrogen (secondary N) is 2.